The maximum Gasteiger partial charge on any atom is 0.274 e. The number of pyridine rings is 1. The Kier molecular flexibility index (Phi) is 4.33. The van der Waals surface area contributed by atoms with Crippen LogP contribution in [0.5, 0.6) is 11.6 Å². The summed E-state index contributed by atoms with van der Waals surface area (Å²) in [4.78, 5) is 14.2. The predicted octanol–water partition coefficient (Wildman–Crippen LogP) is 2.64. The van der Waals surface area contributed by atoms with E-state index in [1.165, 1.54) is 24.4 Å². The number of benzene rings is 1. The molecule has 0 amide bonds. The Balaban J connectivity index is 2.41. The molecule has 1 aromatic heterocycles. The number of hydrogen-bond donors (Lipinski definition) is 2. The van der Waals surface area contributed by atoms with E-state index in [2.05, 4.69) is 26.1 Å². The van der Waals surface area contributed by atoms with Crippen LogP contribution in [0, 0.1) is 10.1 Å². The third kappa shape index (κ3) is 3.45. The SMILES string of the molecule is N/C(=N/O)c1cccnc1Oc1cc(Br)cc([N+](=O)[O-])c1. The Morgan fingerprint density at radius 1 is 1.48 bits per heavy atom. The average molecular weight is 353 g/mol. The summed E-state index contributed by atoms with van der Waals surface area (Å²) in [5, 5.41) is 22.4. The smallest absolute Gasteiger partial charge is 0.274 e. The number of amidine groups is 1. The van der Waals surface area contributed by atoms with Gasteiger partial charge in [-0.15, -0.1) is 0 Å². The molecule has 1 aromatic carbocycles. The van der Waals surface area contributed by atoms with Gasteiger partial charge in [0.15, 0.2) is 5.84 Å². The van der Waals surface area contributed by atoms with Crippen molar-refractivity contribution in [1.82, 2.24) is 4.98 Å². The first-order valence-electron chi connectivity index (χ1n) is 5.57. The van der Waals surface area contributed by atoms with E-state index in [1.54, 1.807) is 12.1 Å². The molecular formula is C12H9BrN4O4. The van der Waals surface area contributed by atoms with Crippen LogP contribution in [0.25, 0.3) is 0 Å². The second-order valence-corrected chi connectivity index (χ2v) is 4.76. The van der Waals surface area contributed by atoms with Crippen LogP contribution in [0.1, 0.15) is 5.56 Å². The van der Waals surface area contributed by atoms with Crippen molar-refractivity contribution in [2.45, 2.75) is 0 Å². The number of rotatable bonds is 4. The van der Waals surface area contributed by atoms with Crippen molar-refractivity contribution < 1.29 is 14.9 Å². The van der Waals surface area contributed by atoms with E-state index < -0.39 is 4.92 Å². The zero-order valence-electron chi connectivity index (χ0n) is 10.4. The number of nitrogens with two attached hydrogens (primary N) is 1. The van der Waals surface area contributed by atoms with Gasteiger partial charge in [0.1, 0.15) is 5.75 Å². The second-order valence-electron chi connectivity index (χ2n) is 3.85. The maximum absolute atomic E-state index is 10.8. The van der Waals surface area contributed by atoms with Crippen molar-refractivity contribution in [1.29, 1.82) is 0 Å². The fourth-order valence-corrected chi connectivity index (χ4v) is 2.01. The van der Waals surface area contributed by atoms with E-state index in [-0.39, 0.29) is 28.7 Å². The molecule has 1 heterocycles. The fourth-order valence-electron chi connectivity index (χ4n) is 1.54. The van der Waals surface area contributed by atoms with E-state index in [0.717, 1.165) is 0 Å². The minimum absolute atomic E-state index is 0.0696. The van der Waals surface area contributed by atoms with Gasteiger partial charge in [0.25, 0.3) is 5.69 Å². The third-order valence-corrected chi connectivity index (χ3v) is 2.89. The lowest BCUT2D eigenvalue weighted by atomic mass is 10.2. The van der Waals surface area contributed by atoms with Crippen LogP contribution in [0.15, 0.2) is 46.2 Å². The van der Waals surface area contributed by atoms with Gasteiger partial charge >= 0.3 is 0 Å². The van der Waals surface area contributed by atoms with Crippen LogP contribution < -0.4 is 10.5 Å². The fraction of sp³-hybridized carbons (Fsp3) is 0. The van der Waals surface area contributed by atoms with E-state index in [1.807, 2.05) is 0 Å². The summed E-state index contributed by atoms with van der Waals surface area (Å²) in [5.74, 6) is 0.0876. The molecule has 108 valence electrons. The molecule has 0 radical (unpaired) electrons. The van der Waals surface area contributed by atoms with E-state index in [4.69, 9.17) is 15.7 Å². The molecule has 0 aliphatic heterocycles. The summed E-state index contributed by atoms with van der Waals surface area (Å²) < 4.78 is 5.97. The molecule has 0 aliphatic carbocycles. The van der Waals surface area contributed by atoms with Gasteiger partial charge in [-0.2, -0.15) is 0 Å². The predicted molar refractivity (Wildman–Crippen MR) is 77.6 cm³/mol. The van der Waals surface area contributed by atoms with Crippen molar-refractivity contribution >= 4 is 27.5 Å². The van der Waals surface area contributed by atoms with Crippen LogP contribution in [-0.2, 0) is 0 Å². The van der Waals surface area contributed by atoms with Gasteiger partial charge in [-0.25, -0.2) is 4.98 Å². The summed E-state index contributed by atoms with van der Waals surface area (Å²) in [6, 6.07) is 7.26. The van der Waals surface area contributed by atoms with Crippen molar-refractivity contribution in [2.75, 3.05) is 0 Å². The first-order chi connectivity index (χ1) is 10.0. The summed E-state index contributed by atoms with van der Waals surface area (Å²) in [7, 11) is 0. The lowest BCUT2D eigenvalue weighted by Gasteiger charge is -2.09. The van der Waals surface area contributed by atoms with Gasteiger partial charge in [-0.1, -0.05) is 21.1 Å². The molecule has 21 heavy (non-hydrogen) atoms. The summed E-state index contributed by atoms with van der Waals surface area (Å²) in [5.41, 5.74) is 5.65. The highest BCUT2D eigenvalue weighted by Gasteiger charge is 2.14. The first-order valence-corrected chi connectivity index (χ1v) is 6.36. The molecule has 0 aliphatic rings. The van der Waals surface area contributed by atoms with Crippen molar-refractivity contribution in [3.63, 3.8) is 0 Å². The highest BCUT2D eigenvalue weighted by Crippen LogP contribution is 2.30. The highest BCUT2D eigenvalue weighted by atomic mass is 79.9. The molecule has 0 unspecified atom stereocenters. The zero-order valence-corrected chi connectivity index (χ0v) is 12.0. The quantitative estimate of drug-likeness (QED) is 0.286. The molecular weight excluding hydrogens is 344 g/mol. The number of nitro benzene ring substituents is 1. The Bertz CT molecular complexity index is 720. The van der Waals surface area contributed by atoms with E-state index >= 15 is 0 Å². The Hall–Kier alpha value is -2.68. The second kappa shape index (κ2) is 6.18. The number of nitro groups is 1. The highest BCUT2D eigenvalue weighted by molar-refractivity contribution is 9.10. The topological polar surface area (TPSA) is 124 Å². The van der Waals surface area contributed by atoms with Gasteiger partial charge in [0.05, 0.1) is 16.6 Å². The van der Waals surface area contributed by atoms with E-state index in [9.17, 15) is 10.1 Å². The third-order valence-electron chi connectivity index (χ3n) is 2.44. The molecule has 0 spiro atoms. The van der Waals surface area contributed by atoms with Gasteiger partial charge < -0.3 is 15.7 Å². The lowest BCUT2D eigenvalue weighted by Crippen LogP contribution is -2.14. The van der Waals surface area contributed by atoms with Gasteiger partial charge in [-0.05, 0) is 18.2 Å². The molecule has 3 N–H and O–H groups in total. The number of nitrogens with zero attached hydrogens (tertiary/aromatic N) is 3. The number of non-ortho nitro benzene ring substituents is 1. The maximum atomic E-state index is 10.8. The van der Waals surface area contributed by atoms with Crippen LogP contribution in [0.4, 0.5) is 5.69 Å². The van der Waals surface area contributed by atoms with Gasteiger partial charge in [-0.3, -0.25) is 10.1 Å². The van der Waals surface area contributed by atoms with Crippen LogP contribution >= 0.6 is 15.9 Å². The minimum Gasteiger partial charge on any atom is -0.438 e. The number of oxime groups is 1. The van der Waals surface area contributed by atoms with Crippen molar-refractivity contribution in [2.24, 2.45) is 10.9 Å². The molecule has 2 aromatic rings. The Morgan fingerprint density at radius 3 is 2.90 bits per heavy atom. The average Bonchev–Trinajstić information content (AvgIpc) is 2.46. The van der Waals surface area contributed by atoms with Crippen LogP contribution in [-0.4, -0.2) is 21.0 Å². The summed E-state index contributed by atoms with van der Waals surface area (Å²) >= 11 is 3.16. The van der Waals surface area contributed by atoms with E-state index in [0.29, 0.717) is 4.47 Å². The van der Waals surface area contributed by atoms with Gasteiger partial charge in [0, 0.05) is 16.7 Å². The van der Waals surface area contributed by atoms with Gasteiger partial charge in [0.2, 0.25) is 5.88 Å². The van der Waals surface area contributed by atoms with Crippen molar-refractivity contribution in [3.8, 4) is 11.6 Å². The molecule has 0 saturated carbocycles. The summed E-state index contributed by atoms with van der Waals surface area (Å²) in [6.07, 6.45) is 1.45. The molecule has 0 bridgehead atoms. The monoisotopic (exact) mass is 352 g/mol. The summed E-state index contributed by atoms with van der Waals surface area (Å²) in [6.45, 7) is 0. The number of ether oxygens (including phenoxy) is 1. The molecule has 8 nitrogen and oxygen atoms in total. The Morgan fingerprint density at radius 2 is 2.24 bits per heavy atom. The normalized spacial score (nSPS) is 11.2. The lowest BCUT2D eigenvalue weighted by molar-refractivity contribution is -0.385. The van der Waals surface area contributed by atoms with Crippen LogP contribution in [0.3, 0.4) is 0 Å². The molecule has 9 heteroatoms. The number of aromatic nitrogens is 1. The molecule has 0 fully saturated rings. The Labute approximate surface area is 127 Å². The molecule has 2 rings (SSSR count). The molecule has 0 atom stereocenters. The standard InChI is InChI=1S/C12H9BrN4O4/c13-7-4-8(17(19)20)6-9(5-7)21-12-10(11(14)16-18)2-1-3-15-12/h1-6,18H,(H2,14,16). The number of hydrogen-bond acceptors (Lipinski definition) is 6. The number of halogens is 1. The van der Waals surface area contributed by atoms with Crippen molar-refractivity contribution in [3.05, 3.63) is 56.7 Å². The first kappa shape index (κ1) is 14.7. The minimum atomic E-state index is -0.541. The zero-order chi connectivity index (χ0) is 15.4. The van der Waals surface area contributed by atoms with Crippen LogP contribution in [0.2, 0.25) is 0 Å². The molecule has 0 saturated heterocycles. The largest absolute Gasteiger partial charge is 0.438 e.